The lowest BCUT2D eigenvalue weighted by Gasteiger charge is -2.27. The van der Waals surface area contributed by atoms with E-state index in [9.17, 15) is 13.2 Å². The first-order chi connectivity index (χ1) is 11.9. The van der Waals surface area contributed by atoms with Crippen LogP contribution in [0.2, 0.25) is 0 Å². The van der Waals surface area contributed by atoms with Gasteiger partial charge in [0.05, 0.1) is 19.5 Å². The molecule has 1 N–H and O–H groups in total. The number of amides is 1. The number of likely N-dealkylation sites (N-methyl/N-ethyl adjacent to an activating group) is 1. The van der Waals surface area contributed by atoms with E-state index in [4.69, 9.17) is 4.74 Å². The number of hydrogen-bond acceptors (Lipinski definition) is 5. The molecule has 1 fully saturated rings. The number of nitrogens with zero attached hydrogens (tertiary/aromatic N) is 2. The Morgan fingerprint density at radius 1 is 1.28 bits per heavy atom. The highest BCUT2D eigenvalue weighted by molar-refractivity contribution is 7.88. The summed E-state index contributed by atoms with van der Waals surface area (Å²) in [7, 11) is -2.06. The molecular weight excluding hydrogens is 342 g/mol. The molecule has 1 amide bonds. The second kappa shape index (κ2) is 9.28. The number of hydrogen-bond donors (Lipinski definition) is 1. The fourth-order valence-electron chi connectivity index (χ4n) is 2.79. The third kappa shape index (κ3) is 6.07. The van der Waals surface area contributed by atoms with Crippen molar-refractivity contribution in [2.75, 3.05) is 52.7 Å². The lowest BCUT2D eigenvalue weighted by molar-refractivity contribution is -0.124. The normalized spacial score (nSPS) is 17.4. The summed E-state index contributed by atoms with van der Waals surface area (Å²) < 4.78 is 30.2. The Morgan fingerprint density at radius 3 is 2.52 bits per heavy atom. The zero-order chi connectivity index (χ0) is 18.3. The van der Waals surface area contributed by atoms with Gasteiger partial charge in [-0.2, -0.15) is 4.31 Å². The molecule has 7 nitrogen and oxygen atoms in total. The van der Waals surface area contributed by atoms with Gasteiger partial charge in [-0.05, 0) is 18.5 Å². The van der Waals surface area contributed by atoms with Crippen molar-refractivity contribution >= 4 is 15.9 Å². The van der Waals surface area contributed by atoms with E-state index in [0.717, 1.165) is 49.8 Å². The summed E-state index contributed by atoms with van der Waals surface area (Å²) in [6.07, 6.45) is 1.92. The molecule has 1 aromatic rings. The first-order valence-electron chi connectivity index (χ1n) is 8.45. The Hall–Kier alpha value is -1.48. The molecule has 0 unspecified atom stereocenters. The van der Waals surface area contributed by atoms with Crippen molar-refractivity contribution in [2.45, 2.75) is 12.5 Å². The number of nitrogens with one attached hydrogen (secondary N) is 1. The summed E-state index contributed by atoms with van der Waals surface area (Å²) in [5, 5.41) is 2.87. The van der Waals surface area contributed by atoms with Crippen molar-refractivity contribution < 1.29 is 17.9 Å². The molecule has 1 saturated heterocycles. The molecule has 0 aromatic heterocycles. The van der Waals surface area contributed by atoms with Crippen molar-refractivity contribution in [3.05, 3.63) is 35.9 Å². The standard InChI is InChI=1S/C17H27N3O4S/c1-19(25(2,22)23)16(15-7-4-3-5-8-15)17(21)18-9-6-10-20-11-13-24-14-12-20/h3-5,7-8,16H,6,9-14H2,1-2H3,(H,18,21)/t16-/m1/s1. The van der Waals surface area contributed by atoms with Crippen LogP contribution in [0.5, 0.6) is 0 Å². The Morgan fingerprint density at radius 2 is 1.92 bits per heavy atom. The highest BCUT2D eigenvalue weighted by Gasteiger charge is 2.30. The Bertz CT molecular complexity index is 645. The molecule has 0 aliphatic carbocycles. The maximum Gasteiger partial charge on any atom is 0.242 e. The van der Waals surface area contributed by atoms with E-state index >= 15 is 0 Å². The Kier molecular flexibility index (Phi) is 7.37. The topological polar surface area (TPSA) is 79.0 Å². The lowest BCUT2D eigenvalue weighted by atomic mass is 10.1. The Balaban J connectivity index is 1.93. The summed E-state index contributed by atoms with van der Waals surface area (Å²) in [6.45, 7) is 4.73. The monoisotopic (exact) mass is 369 g/mol. The number of rotatable bonds is 8. The van der Waals surface area contributed by atoms with Crippen LogP contribution in [-0.4, -0.2) is 76.2 Å². The summed E-state index contributed by atoms with van der Waals surface area (Å²) in [6, 6.07) is 8.09. The van der Waals surface area contributed by atoms with Crippen LogP contribution in [0, 0.1) is 0 Å². The van der Waals surface area contributed by atoms with Gasteiger partial charge in [0.2, 0.25) is 15.9 Å². The van der Waals surface area contributed by atoms with Gasteiger partial charge in [-0.3, -0.25) is 9.69 Å². The van der Waals surface area contributed by atoms with Crippen LogP contribution >= 0.6 is 0 Å². The molecule has 0 spiro atoms. The first-order valence-corrected chi connectivity index (χ1v) is 10.3. The first kappa shape index (κ1) is 19.8. The van der Waals surface area contributed by atoms with Gasteiger partial charge in [0.1, 0.15) is 6.04 Å². The highest BCUT2D eigenvalue weighted by atomic mass is 32.2. The zero-order valence-electron chi connectivity index (χ0n) is 14.8. The second-order valence-electron chi connectivity index (χ2n) is 6.19. The van der Waals surface area contributed by atoms with Crippen LogP contribution in [0.3, 0.4) is 0 Å². The number of morpholine rings is 1. The minimum Gasteiger partial charge on any atom is -0.379 e. The number of benzene rings is 1. The number of ether oxygens (including phenoxy) is 1. The molecule has 2 rings (SSSR count). The molecule has 1 aromatic carbocycles. The third-order valence-electron chi connectivity index (χ3n) is 4.30. The van der Waals surface area contributed by atoms with Gasteiger partial charge in [0.25, 0.3) is 0 Å². The third-order valence-corrected chi connectivity index (χ3v) is 5.56. The van der Waals surface area contributed by atoms with E-state index in [1.54, 1.807) is 24.3 Å². The van der Waals surface area contributed by atoms with E-state index < -0.39 is 16.1 Å². The molecule has 1 heterocycles. The average Bonchev–Trinajstić information content (AvgIpc) is 2.60. The van der Waals surface area contributed by atoms with E-state index in [2.05, 4.69) is 10.2 Å². The summed E-state index contributed by atoms with van der Waals surface area (Å²) in [4.78, 5) is 14.9. The van der Waals surface area contributed by atoms with Gasteiger partial charge in [0.15, 0.2) is 0 Å². The molecule has 1 aliphatic heterocycles. The maximum atomic E-state index is 12.6. The lowest BCUT2D eigenvalue weighted by Crippen LogP contribution is -2.42. The van der Waals surface area contributed by atoms with Gasteiger partial charge in [-0.1, -0.05) is 30.3 Å². The molecule has 0 saturated carbocycles. The number of carbonyl (C=O) groups excluding carboxylic acids is 1. The van der Waals surface area contributed by atoms with E-state index in [0.29, 0.717) is 12.1 Å². The summed E-state index contributed by atoms with van der Waals surface area (Å²) >= 11 is 0. The van der Waals surface area contributed by atoms with Crippen LogP contribution < -0.4 is 5.32 Å². The van der Waals surface area contributed by atoms with Gasteiger partial charge in [-0.15, -0.1) is 0 Å². The molecule has 140 valence electrons. The number of sulfonamides is 1. The van der Waals surface area contributed by atoms with E-state index in [-0.39, 0.29) is 5.91 Å². The zero-order valence-corrected chi connectivity index (χ0v) is 15.7. The van der Waals surface area contributed by atoms with Crippen LogP contribution in [0.15, 0.2) is 30.3 Å². The smallest absolute Gasteiger partial charge is 0.242 e. The van der Waals surface area contributed by atoms with Crippen molar-refractivity contribution in [3.63, 3.8) is 0 Å². The van der Waals surface area contributed by atoms with E-state index in [1.165, 1.54) is 7.05 Å². The van der Waals surface area contributed by atoms with Crippen molar-refractivity contribution in [2.24, 2.45) is 0 Å². The van der Waals surface area contributed by atoms with Crippen LogP contribution in [-0.2, 0) is 19.6 Å². The summed E-state index contributed by atoms with van der Waals surface area (Å²) in [5.74, 6) is -0.305. The van der Waals surface area contributed by atoms with Gasteiger partial charge in [0, 0.05) is 26.7 Å². The van der Waals surface area contributed by atoms with E-state index in [1.807, 2.05) is 6.07 Å². The van der Waals surface area contributed by atoms with Crippen molar-refractivity contribution in [1.29, 1.82) is 0 Å². The highest BCUT2D eigenvalue weighted by Crippen LogP contribution is 2.21. The molecule has 8 heteroatoms. The van der Waals surface area contributed by atoms with Gasteiger partial charge in [-0.25, -0.2) is 8.42 Å². The molecule has 25 heavy (non-hydrogen) atoms. The predicted octanol–water partition coefficient (Wildman–Crippen LogP) is 0.458. The average molecular weight is 369 g/mol. The van der Waals surface area contributed by atoms with Crippen LogP contribution in [0.4, 0.5) is 0 Å². The largest absolute Gasteiger partial charge is 0.379 e. The minimum absolute atomic E-state index is 0.305. The second-order valence-corrected chi connectivity index (χ2v) is 8.23. The van der Waals surface area contributed by atoms with Gasteiger partial charge >= 0.3 is 0 Å². The Labute approximate surface area is 150 Å². The van der Waals surface area contributed by atoms with Crippen LogP contribution in [0.1, 0.15) is 18.0 Å². The number of carbonyl (C=O) groups is 1. The van der Waals surface area contributed by atoms with Crippen molar-refractivity contribution in [1.82, 2.24) is 14.5 Å². The SMILES string of the molecule is CN([C@@H](C(=O)NCCCN1CCOCC1)c1ccccc1)S(C)(=O)=O. The summed E-state index contributed by atoms with van der Waals surface area (Å²) in [5.41, 5.74) is 0.654. The minimum atomic E-state index is -3.49. The quantitative estimate of drug-likeness (QED) is 0.674. The molecule has 0 radical (unpaired) electrons. The fraction of sp³-hybridized carbons (Fsp3) is 0.588. The predicted molar refractivity (Wildman–Crippen MR) is 96.7 cm³/mol. The van der Waals surface area contributed by atoms with Crippen LogP contribution in [0.25, 0.3) is 0 Å². The molecule has 1 atom stereocenters. The van der Waals surface area contributed by atoms with Gasteiger partial charge < -0.3 is 10.1 Å². The fourth-order valence-corrected chi connectivity index (χ4v) is 3.39. The molecule has 1 aliphatic rings. The molecular formula is C17H27N3O4S. The molecule has 0 bridgehead atoms. The maximum absolute atomic E-state index is 12.6. The van der Waals surface area contributed by atoms with Crippen molar-refractivity contribution in [3.8, 4) is 0 Å².